The fourth-order valence-electron chi connectivity index (χ4n) is 5.40. The van der Waals surface area contributed by atoms with Crippen LogP contribution in [0, 0.1) is 11.8 Å². The fourth-order valence-corrected chi connectivity index (χ4v) is 5.40. The summed E-state index contributed by atoms with van der Waals surface area (Å²) in [5, 5.41) is 40.3. The highest BCUT2D eigenvalue weighted by molar-refractivity contribution is 6.09. The van der Waals surface area contributed by atoms with Crippen molar-refractivity contribution in [1.29, 1.82) is 0 Å². The summed E-state index contributed by atoms with van der Waals surface area (Å²) in [6, 6.07) is 26.4. The van der Waals surface area contributed by atoms with Crippen molar-refractivity contribution in [2.24, 2.45) is 11.8 Å². The summed E-state index contributed by atoms with van der Waals surface area (Å²) in [5.41, 5.74) is 1.78. The first-order valence-corrected chi connectivity index (χ1v) is 11.6. The Balaban J connectivity index is 1.67. The maximum atomic E-state index is 13.9. The van der Waals surface area contributed by atoms with E-state index >= 15 is 0 Å². The smallest absolute Gasteiger partial charge is 0.171 e. The Labute approximate surface area is 207 Å². The average molecular weight is 481 g/mol. The van der Waals surface area contributed by atoms with Crippen molar-refractivity contribution in [1.82, 2.24) is 0 Å². The zero-order valence-electron chi connectivity index (χ0n) is 19.2. The van der Waals surface area contributed by atoms with Crippen LogP contribution in [-0.4, -0.2) is 32.0 Å². The Kier molecular flexibility index (Phi) is 5.94. The molecule has 180 valence electrons. The van der Waals surface area contributed by atoms with Gasteiger partial charge in [0.1, 0.15) is 23.0 Å². The molecule has 0 amide bonds. The van der Waals surface area contributed by atoms with Crippen LogP contribution in [0.4, 0.5) is 0 Å². The van der Waals surface area contributed by atoms with Crippen molar-refractivity contribution >= 4 is 11.6 Å². The second-order valence-electron chi connectivity index (χ2n) is 9.06. The van der Waals surface area contributed by atoms with E-state index in [1.54, 1.807) is 0 Å². The van der Waals surface area contributed by atoms with Gasteiger partial charge in [-0.3, -0.25) is 9.59 Å². The van der Waals surface area contributed by atoms with E-state index in [0.29, 0.717) is 0 Å². The number of Topliss-reactive ketones (excluding diaryl/α,β-unsaturated/α-hetero) is 2. The number of rotatable bonds is 6. The highest BCUT2D eigenvalue weighted by atomic mass is 16.3. The highest BCUT2D eigenvalue weighted by Crippen LogP contribution is 2.60. The van der Waals surface area contributed by atoms with Gasteiger partial charge in [0.05, 0.1) is 11.1 Å². The Morgan fingerprint density at radius 2 is 0.861 bits per heavy atom. The van der Waals surface area contributed by atoms with Crippen LogP contribution < -0.4 is 0 Å². The van der Waals surface area contributed by atoms with Gasteiger partial charge in [-0.25, -0.2) is 0 Å². The summed E-state index contributed by atoms with van der Waals surface area (Å²) in [5.74, 6) is -4.37. The number of aromatic hydroxyl groups is 4. The summed E-state index contributed by atoms with van der Waals surface area (Å²) in [6.45, 7) is 0. The van der Waals surface area contributed by atoms with E-state index in [4.69, 9.17) is 0 Å². The standard InChI is InChI=1S/C30H24O6/c31-19-11-13-21(23(33)15-19)29(35)27-25(17-7-3-1-4-8-17)26(18-9-5-2-6-10-18)28(27)30(36)22-14-12-20(32)16-24(22)34/h1-16,25-28,31-34H/t25-,26-,27+,28+/m0/s1. The molecule has 1 aliphatic carbocycles. The molecule has 36 heavy (non-hydrogen) atoms. The van der Waals surface area contributed by atoms with Gasteiger partial charge in [-0.1, -0.05) is 60.7 Å². The number of hydrogen-bond acceptors (Lipinski definition) is 6. The van der Waals surface area contributed by atoms with E-state index < -0.39 is 23.4 Å². The molecule has 1 saturated carbocycles. The molecule has 4 N–H and O–H groups in total. The van der Waals surface area contributed by atoms with Crippen molar-refractivity contribution in [3.63, 3.8) is 0 Å². The topological polar surface area (TPSA) is 115 Å². The zero-order valence-corrected chi connectivity index (χ0v) is 19.2. The zero-order chi connectivity index (χ0) is 25.4. The van der Waals surface area contributed by atoms with E-state index in [0.717, 1.165) is 23.3 Å². The van der Waals surface area contributed by atoms with E-state index in [1.807, 2.05) is 60.7 Å². The second kappa shape index (κ2) is 9.23. The van der Waals surface area contributed by atoms with Gasteiger partial charge < -0.3 is 20.4 Å². The third-order valence-electron chi connectivity index (χ3n) is 7.02. The maximum Gasteiger partial charge on any atom is 0.171 e. The van der Waals surface area contributed by atoms with E-state index in [-0.39, 0.29) is 46.0 Å². The van der Waals surface area contributed by atoms with Gasteiger partial charge in [-0.2, -0.15) is 0 Å². The summed E-state index contributed by atoms with van der Waals surface area (Å²) in [6.07, 6.45) is 0. The third-order valence-corrected chi connectivity index (χ3v) is 7.02. The molecule has 1 aliphatic rings. The summed E-state index contributed by atoms with van der Waals surface area (Å²) in [4.78, 5) is 27.8. The van der Waals surface area contributed by atoms with Crippen LogP contribution in [0.3, 0.4) is 0 Å². The lowest BCUT2D eigenvalue weighted by molar-refractivity contribution is 0.0452. The lowest BCUT2D eigenvalue weighted by Gasteiger charge is -2.51. The number of phenolic OH excluding ortho intramolecular Hbond substituents is 4. The molecule has 0 unspecified atom stereocenters. The third kappa shape index (κ3) is 3.96. The molecule has 0 saturated heterocycles. The predicted octanol–water partition coefficient (Wildman–Crippen LogP) is 5.39. The Hall–Kier alpha value is -4.58. The van der Waals surface area contributed by atoms with E-state index in [2.05, 4.69) is 0 Å². The molecule has 4 atom stereocenters. The lowest BCUT2D eigenvalue weighted by Crippen LogP contribution is -2.51. The molecular formula is C30H24O6. The molecule has 0 spiro atoms. The monoisotopic (exact) mass is 480 g/mol. The second-order valence-corrected chi connectivity index (χ2v) is 9.06. The largest absolute Gasteiger partial charge is 0.508 e. The van der Waals surface area contributed by atoms with Gasteiger partial charge in [0.25, 0.3) is 0 Å². The number of ketones is 2. The van der Waals surface area contributed by atoms with Crippen molar-refractivity contribution in [2.75, 3.05) is 0 Å². The van der Waals surface area contributed by atoms with E-state index in [1.165, 1.54) is 24.3 Å². The average Bonchev–Trinajstić information content (AvgIpc) is 2.84. The number of benzene rings is 4. The molecule has 0 radical (unpaired) electrons. The van der Waals surface area contributed by atoms with Crippen LogP contribution in [0.5, 0.6) is 23.0 Å². The number of carbonyl (C=O) groups excluding carboxylic acids is 2. The van der Waals surface area contributed by atoms with Gasteiger partial charge >= 0.3 is 0 Å². The normalized spacial score (nSPS) is 20.9. The molecule has 0 heterocycles. The molecule has 0 aliphatic heterocycles. The summed E-state index contributed by atoms with van der Waals surface area (Å²) >= 11 is 0. The number of phenols is 4. The van der Waals surface area contributed by atoms with Crippen molar-refractivity contribution in [3.8, 4) is 23.0 Å². The van der Waals surface area contributed by atoms with Crippen molar-refractivity contribution < 1.29 is 30.0 Å². The molecule has 0 aromatic heterocycles. The fraction of sp³-hybridized carbons (Fsp3) is 0.133. The van der Waals surface area contributed by atoms with Gasteiger partial charge in [0.2, 0.25) is 0 Å². The molecule has 0 bridgehead atoms. The quantitative estimate of drug-likeness (QED) is 0.275. The predicted molar refractivity (Wildman–Crippen MR) is 134 cm³/mol. The van der Waals surface area contributed by atoms with Crippen LogP contribution in [0.15, 0.2) is 97.1 Å². The molecule has 6 heteroatoms. The van der Waals surface area contributed by atoms with Crippen LogP contribution in [0.2, 0.25) is 0 Å². The SMILES string of the molecule is O=C(c1ccc(O)cc1O)[C@H]1[C@H](C(=O)c2ccc(O)cc2O)[C@@H](c2ccccc2)[C@@H]1c1ccccc1. The van der Waals surface area contributed by atoms with Gasteiger partial charge in [0, 0.05) is 35.8 Å². The highest BCUT2D eigenvalue weighted by Gasteiger charge is 2.58. The Bertz CT molecular complexity index is 1320. The van der Waals surface area contributed by atoms with Crippen LogP contribution in [0.1, 0.15) is 43.7 Å². The van der Waals surface area contributed by atoms with Crippen LogP contribution in [0.25, 0.3) is 0 Å². The number of carbonyl (C=O) groups is 2. The summed E-state index contributed by atoms with van der Waals surface area (Å²) < 4.78 is 0. The van der Waals surface area contributed by atoms with Crippen LogP contribution in [-0.2, 0) is 0 Å². The van der Waals surface area contributed by atoms with Crippen molar-refractivity contribution in [3.05, 3.63) is 119 Å². The first-order valence-electron chi connectivity index (χ1n) is 11.6. The molecule has 1 fully saturated rings. The molecule has 4 aromatic carbocycles. The molecule has 6 nitrogen and oxygen atoms in total. The maximum absolute atomic E-state index is 13.9. The molecular weight excluding hydrogens is 456 g/mol. The van der Waals surface area contributed by atoms with Gasteiger partial charge in [-0.05, 0) is 35.4 Å². The minimum absolute atomic E-state index is 0.0120. The minimum Gasteiger partial charge on any atom is -0.508 e. The summed E-state index contributed by atoms with van der Waals surface area (Å²) in [7, 11) is 0. The van der Waals surface area contributed by atoms with Gasteiger partial charge in [-0.15, -0.1) is 0 Å². The van der Waals surface area contributed by atoms with Gasteiger partial charge in [0.15, 0.2) is 11.6 Å². The minimum atomic E-state index is -0.839. The number of hydrogen-bond donors (Lipinski definition) is 4. The van der Waals surface area contributed by atoms with Crippen molar-refractivity contribution in [2.45, 2.75) is 11.8 Å². The molecule has 5 rings (SSSR count). The first-order chi connectivity index (χ1) is 17.4. The Morgan fingerprint density at radius 1 is 0.500 bits per heavy atom. The van der Waals surface area contributed by atoms with E-state index in [9.17, 15) is 30.0 Å². The van der Waals surface area contributed by atoms with Crippen LogP contribution >= 0.6 is 0 Å². The molecule has 4 aromatic rings. The Morgan fingerprint density at radius 3 is 1.19 bits per heavy atom. The lowest BCUT2D eigenvalue weighted by atomic mass is 9.49. The first kappa shape index (κ1) is 23.2.